The Labute approximate surface area is 143 Å². The molecule has 1 aromatic heterocycles. The van der Waals surface area contributed by atoms with E-state index in [4.69, 9.17) is 0 Å². The van der Waals surface area contributed by atoms with Gasteiger partial charge >= 0.3 is 0 Å². The molecule has 0 saturated heterocycles. The highest BCUT2D eigenvalue weighted by Gasteiger charge is 2.15. The van der Waals surface area contributed by atoms with Crippen LogP contribution in [-0.4, -0.2) is 45.4 Å². The van der Waals surface area contributed by atoms with Gasteiger partial charge in [-0.25, -0.2) is 0 Å². The number of carbonyl (C=O) groups is 1. The lowest BCUT2D eigenvalue weighted by Gasteiger charge is -2.22. The number of anilines is 2. The smallest absolute Gasteiger partial charge is 0.254 e. The zero-order valence-corrected chi connectivity index (χ0v) is 14.4. The van der Waals surface area contributed by atoms with Crippen molar-refractivity contribution in [2.24, 2.45) is 7.05 Å². The van der Waals surface area contributed by atoms with Crippen molar-refractivity contribution in [2.45, 2.75) is 26.2 Å². The van der Waals surface area contributed by atoms with Crippen LogP contribution in [0.3, 0.4) is 0 Å². The maximum atomic E-state index is 12.7. The average Bonchev–Trinajstić information content (AvgIpc) is 2.99. The number of rotatable bonds is 9. The molecule has 2 aromatic rings. The van der Waals surface area contributed by atoms with Crippen LogP contribution in [0.25, 0.3) is 0 Å². The van der Waals surface area contributed by atoms with Gasteiger partial charge in [0.1, 0.15) is 0 Å². The minimum Gasteiger partial charge on any atom is -0.395 e. The van der Waals surface area contributed by atoms with E-state index < -0.39 is 0 Å². The number of nitrogens with zero attached hydrogens (tertiary/aromatic N) is 3. The molecular weight excluding hydrogens is 304 g/mol. The Balaban J connectivity index is 2.08. The molecule has 0 radical (unpaired) electrons. The molecule has 0 aliphatic carbocycles. The van der Waals surface area contributed by atoms with Crippen molar-refractivity contribution < 1.29 is 9.90 Å². The largest absolute Gasteiger partial charge is 0.395 e. The van der Waals surface area contributed by atoms with Crippen molar-refractivity contribution in [3.8, 4) is 0 Å². The van der Waals surface area contributed by atoms with Crippen molar-refractivity contribution in [3.63, 3.8) is 0 Å². The van der Waals surface area contributed by atoms with Crippen molar-refractivity contribution in [1.82, 2.24) is 14.7 Å². The quantitative estimate of drug-likeness (QED) is 0.694. The Kier molecular flexibility index (Phi) is 6.81. The van der Waals surface area contributed by atoms with Crippen LogP contribution >= 0.6 is 0 Å². The van der Waals surface area contributed by atoms with Crippen LogP contribution in [0.2, 0.25) is 0 Å². The molecule has 0 aliphatic rings. The fourth-order valence-corrected chi connectivity index (χ4v) is 2.55. The van der Waals surface area contributed by atoms with Crippen LogP contribution in [0, 0.1) is 0 Å². The fraction of sp³-hybridized carbons (Fsp3) is 0.444. The first-order chi connectivity index (χ1) is 11.6. The van der Waals surface area contributed by atoms with E-state index in [2.05, 4.69) is 17.3 Å². The first-order valence-corrected chi connectivity index (χ1v) is 8.40. The Hall–Kier alpha value is -2.34. The number of aliphatic hydroxyl groups is 1. The van der Waals surface area contributed by atoms with Gasteiger partial charge in [0.25, 0.3) is 5.91 Å². The summed E-state index contributed by atoms with van der Waals surface area (Å²) in [6, 6.07) is 7.41. The Bertz CT molecular complexity index is 654. The van der Waals surface area contributed by atoms with E-state index in [9.17, 15) is 9.90 Å². The molecule has 0 fully saturated rings. The summed E-state index contributed by atoms with van der Waals surface area (Å²) < 4.78 is 1.72. The summed E-state index contributed by atoms with van der Waals surface area (Å²) in [4.78, 5) is 14.4. The van der Waals surface area contributed by atoms with Crippen LogP contribution < -0.4 is 5.32 Å². The minimum atomic E-state index is -0.0463. The van der Waals surface area contributed by atoms with Crippen molar-refractivity contribution in [3.05, 3.63) is 42.2 Å². The number of amides is 1. The van der Waals surface area contributed by atoms with Crippen molar-refractivity contribution in [2.75, 3.05) is 25.0 Å². The number of unbranched alkanes of at least 4 members (excludes halogenated alkanes) is 2. The van der Waals surface area contributed by atoms with Gasteiger partial charge in [-0.15, -0.1) is 0 Å². The van der Waals surface area contributed by atoms with E-state index in [1.807, 2.05) is 31.4 Å². The lowest BCUT2D eigenvalue weighted by atomic mass is 10.1. The highest BCUT2D eigenvalue weighted by molar-refractivity contribution is 5.95. The predicted octanol–water partition coefficient (Wildman–Crippen LogP) is 2.79. The number of aromatic nitrogens is 2. The molecule has 1 aromatic carbocycles. The van der Waals surface area contributed by atoms with E-state index in [0.717, 1.165) is 30.6 Å². The first-order valence-electron chi connectivity index (χ1n) is 8.40. The van der Waals surface area contributed by atoms with Gasteiger partial charge in [-0.1, -0.05) is 25.8 Å². The standard InChI is InChI=1S/C18H26N4O2/c1-3-4-5-9-22(10-11-23)18(24)15-7-6-8-16(12-15)20-17-13-19-21(2)14-17/h6-8,12-14,20,23H,3-5,9-11H2,1-2H3. The molecule has 0 bridgehead atoms. The molecule has 0 spiro atoms. The summed E-state index contributed by atoms with van der Waals surface area (Å²) in [5.41, 5.74) is 2.33. The maximum Gasteiger partial charge on any atom is 0.254 e. The van der Waals surface area contributed by atoms with E-state index in [-0.39, 0.29) is 12.5 Å². The van der Waals surface area contributed by atoms with E-state index in [1.165, 1.54) is 0 Å². The minimum absolute atomic E-state index is 0.0223. The zero-order chi connectivity index (χ0) is 17.4. The number of aliphatic hydroxyl groups excluding tert-OH is 1. The van der Waals surface area contributed by atoms with Crippen LogP contribution in [0.15, 0.2) is 36.7 Å². The third-order valence-corrected chi connectivity index (χ3v) is 3.79. The third-order valence-electron chi connectivity index (χ3n) is 3.79. The Morgan fingerprint density at radius 2 is 2.12 bits per heavy atom. The van der Waals surface area contributed by atoms with Crippen LogP contribution in [-0.2, 0) is 7.05 Å². The Morgan fingerprint density at radius 1 is 1.29 bits per heavy atom. The summed E-state index contributed by atoms with van der Waals surface area (Å²) in [6.45, 7) is 3.15. The van der Waals surface area contributed by atoms with Gasteiger partial charge in [0.05, 0.1) is 18.5 Å². The molecule has 0 unspecified atom stereocenters. The summed E-state index contributed by atoms with van der Waals surface area (Å²) in [7, 11) is 1.86. The zero-order valence-electron chi connectivity index (χ0n) is 14.4. The summed E-state index contributed by atoms with van der Waals surface area (Å²) in [5.74, 6) is -0.0463. The van der Waals surface area contributed by atoms with E-state index in [1.54, 1.807) is 21.8 Å². The predicted molar refractivity (Wildman–Crippen MR) is 95.4 cm³/mol. The van der Waals surface area contributed by atoms with Gasteiger partial charge in [-0.05, 0) is 24.6 Å². The summed E-state index contributed by atoms with van der Waals surface area (Å²) in [6.07, 6.45) is 6.74. The molecular formula is C18H26N4O2. The maximum absolute atomic E-state index is 12.7. The molecule has 0 aliphatic heterocycles. The Morgan fingerprint density at radius 3 is 2.79 bits per heavy atom. The second-order valence-corrected chi connectivity index (χ2v) is 5.83. The highest BCUT2D eigenvalue weighted by atomic mass is 16.3. The van der Waals surface area contributed by atoms with E-state index >= 15 is 0 Å². The van der Waals surface area contributed by atoms with Crippen LogP contribution in [0.1, 0.15) is 36.5 Å². The first kappa shape index (κ1) is 18.0. The number of hydrogen-bond donors (Lipinski definition) is 2. The molecule has 2 N–H and O–H groups in total. The molecule has 6 nitrogen and oxygen atoms in total. The second-order valence-electron chi connectivity index (χ2n) is 5.83. The molecule has 0 saturated carbocycles. The lowest BCUT2D eigenvalue weighted by Crippen LogP contribution is -2.34. The number of aryl methyl sites for hydroxylation is 1. The number of nitrogens with one attached hydrogen (secondary N) is 1. The molecule has 130 valence electrons. The molecule has 2 rings (SSSR count). The number of benzene rings is 1. The average molecular weight is 330 g/mol. The molecule has 1 amide bonds. The summed E-state index contributed by atoms with van der Waals surface area (Å²) in [5, 5.41) is 16.6. The second kappa shape index (κ2) is 9.08. The monoisotopic (exact) mass is 330 g/mol. The van der Waals surface area contributed by atoms with Crippen molar-refractivity contribution >= 4 is 17.3 Å². The lowest BCUT2D eigenvalue weighted by molar-refractivity contribution is 0.0718. The van der Waals surface area contributed by atoms with Crippen molar-refractivity contribution in [1.29, 1.82) is 0 Å². The van der Waals surface area contributed by atoms with Gasteiger partial charge < -0.3 is 15.3 Å². The highest BCUT2D eigenvalue weighted by Crippen LogP contribution is 2.18. The molecule has 1 heterocycles. The SMILES string of the molecule is CCCCCN(CCO)C(=O)c1cccc(Nc2cnn(C)c2)c1. The number of carbonyl (C=O) groups excluding carboxylic acids is 1. The van der Waals surface area contributed by atoms with Crippen LogP contribution in [0.4, 0.5) is 11.4 Å². The van der Waals surface area contributed by atoms with Gasteiger partial charge in [-0.3, -0.25) is 9.48 Å². The van der Waals surface area contributed by atoms with Gasteiger partial charge in [-0.2, -0.15) is 5.10 Å². The third kappa shape index (κ3) is 5.09. The van der Waals surface area contributed by atoms with Gasteiger partial charge in [0.15, 0.2) is 0 Å². The number of hydrogen-bond acceptors (Lipinski definition) is 4. The topological polar surface area (TPSA) is 70.4 Å². The molecule has 0 atom stereocenters. The van der Waals surface area contributed by atoms with Gasteiger partial charge in [0.2, 0.25) is 0 Å². The fourth-order valence-electron chi connectivity index (χ4n) is 2.55. The van der Waals surface area contributed by atoms with E-state index in [0.29, 0.717) is 18.7 Å². The van der Waals surface area contributed by atoms with Crippen LogP contribution in [0.5, 0.6) is 0 Å². The van der Waals surface area contributed by atoms with Gasteiger partial charge in [0, 0.05) is 37.6 Å². The summed E-state index contributed by atoms with van der Waals surface area (Å²) >= 11 is 0. The normalized spacial score (nSPS) is 10.6. The molecule has 24 heavy (non-hydrogen) atoms. The molecule has 6 heteroatoms.